The molecular formula is C11H15O5S2. The maximum atomic E-state index is 11.2. The van der Waals surface area contributed by atoms with E-state index in [0.717, 1.165) is 24.7 Å². The van der Waals surface area contributed by atoms with E-state index in [1.807, 2.05) is 5.38 Å². The Morgan fingerprint density at radius 2 is 2.17 bits per heavy atom. The van der Waals surface area contributed by atoms with Crippen molar-refractivity contribution in [3.8, 4) is 0 Å². The molecule has 0 amide bonds. The van der Waals surface area contributed by atoms with Crippen molar-refractivity contribution in [2.45, 2.75) is 19.3 Å². The number of hydrogen-bond donors (Lipinski definition) is 0. The van der Waals surface area contributed by atoms with Crippen molar-refractivity contribution >= 4 is 27.4 Å². The molecule has 0 fully saturated rings. The Morgan fingerprint density at radius 1 is 1.44 bits per heavy atom. The van der Waals surface area contributed by atoms with Gasteiger partial charge in [-0.1, -0.05) is 0 Å². The summed E-state index contributed by atoms with van der Waals surface area (Å²) in [6.45, 7) is 0.187. The van der Waals surface area contributed by atoms with Gasteiger partial charge < -0.3 is 4.74 Å². The number of ether oxygens (including phenoxy) is 1. The van der Waals surface area contributed by atoms with Gasteiger partial charge >= 0.3 is 5.97 Å². The van der Waals surface area contributed by atoms with Crippen LogP contribution in [0.2, 0.25) is 0 Å². The summed E-state index contributed by atoms with van der Waals surface area (Å²) in [5.41, 5.74) is 0.930. The van der Waals surface area contributed by atoms with Crippen LogP contribution < -0.4 is 0 Å². The third kappa shape index (κ3) is 5.61. The quantitative estimate of drug-likeness (QED) is 0.434. The summed E-state index contributed by atoms with van der Waals surface area (Å²) in [5, 5.41) is 1.85. The van der Waals surface area contributed by atoms with E-state index in [0.29, 0.717) is 11.3 Å². The Balaban J connectivity index is 2.28. The highest BCUT2D eigenvalue weighted by Crippen LogP contribution is 2.16. The molecule has 0 unspecified atom stereocenters. The first kappa shape index (κ1) is 15.1. The monoisotopic (exact) mass is 291 g/mol. The molecule has 0 atom stereocenters. The van der Waals surface area contributed by atoms with Gasteiger partial charge in [0.05, 0.1) is 20.0 Å². The SMILES string of the molecule is COC(=O)c1[c]c(CCCCOS(C)(=O)=O)cs1. The lowest BCUT2D eigenvalue weighted by Gasteiger charge is -2.00. The molecule has 1 aromatic rings. The van der Waals surface area contributed by atoms with Gasteiger partial charge in [0.15, 0.2) is 0 Å². The molecule has 7 heteroatoms. The Morgan fingerprint density at radius 3 is 2.78 bits per heavy atom. The average Bonchev–Trinajstić information content (AvgIpc) is 2.75. The molecule has 0 aliphatic heterocycles. The minimum atomic E-state index is -3.35. The number of thiophene rings is 1. The number of esters is 1. The van der Waals surface area contributed by atoms with Crippen LogP contribution in [0.3, 0.4) is 0 Å². The Kier molecular flexibility index (Phi) is 5.77. The van der Waals surface area contributed by atoms with Gasteiger partial charge in [-0.25, -0.2) is 4.79 Å². The highest BCUT2D eigenvalue weighted by Gasteiger charge is 2.09. The minimum Gasteiger partial charge on any atom is -0.465 e. The molecule has 0 aliphatic rings. The average molecular weight is 291 g/mol. The molecule has 18 heavy (non-hydrogen) atoms. The lowest BCUT2D eigenvalue weighted by molar-refractivity contribution is 0.0606. The first-order chi connectivity index (χ1) is 8.42. The lowest BCUT2D eigenvalue weighted by Crippen LogP contribution is -2.04. The van der Waals surface area contributed by atoms with E-state index in [2.05, 4.69) is 15.0 Å². The van der Waals surface area contributed by atoms with Crippen molar-refractivity contribution in [1.29, 1.82) is 0 Å². The van der Waals surface area contributed by atoms with E-state index < -0.39 is 10.1 Å². The molecular weight excluding hydrogens is 276 g/mol. The highest BCUT2D eigenvalue weighted by atomic mass is 32.2. The van der Waals surface area contributed by atoms with Gasteiger partial charge in [-0.3, -0.25) is 4.18 Å². The maximum absolute atomic E-state index is 11.2. The second-order valence-corrected chi connectivity index (χ2v) is 6.21. The molecule has 0 saturated heterocycles. The third-order valence-electron chi connectivity index (χ3n) is 2.10. The van der Waals surface area contributed by atoms with Crippen molar-refractivity contribution in [2.75, 3.05) is 20.0 Å². The van der Waals surface area contributed by atoms with Crippen LogP contribution in [0.15, 0.2) is 5.38 Å². The predicted octanol–water partition coefficient (Wildman–Crippen LogP) is 1.63. The van der Waals surface area contributed by atoms with Crippen molar-refractivity contribution < 1.29 is 22.1 Å². The number of unbranched alkanes of at least 4 members (excludes halogenated alkanes) is 1. The van der Waals surface area contributed by atoms with E-state index in [4.69, 9.17) is 0 Å². The smallest absolute Gasteiger partial charge is 0.348 e. The third-order valence-corrected chi connectivity index (χ3v) is 3.60. The number of rotatable bonds is 7. The fourth-order valence-electron chi connectivity index (χ4n) is 1.28. The second-order valence-electron chi connectivity index (χ2n) is 3.69. The molecule has 0 N–H and O–H groups in total. The van der Waals surface area contributed by atoms with Crippen molar-refractivity contribution in [2.24, 2.45) is 0 Å². The van der Waals surface area contributed by atoms with E-state index >= 15 is 0 Å². The maximum Gasteiger partial charge on any atom is 0.348 e. The van der Waals surface area contributed by atoms with Gasteiger partial charge in [-0.15, -0.1) is 11.3 Å². The van der Waals surface area contributed by atoms with E-state index in [1.165, 1.54) is 18.4 Å². The Labute approximate surface area is 111 Å². The van der Waals surface area contributed by atoms with Crippen molar-refractivity contribution in [3.05, 3.63) is 21.9 Å². The predicted molar refractivity (Wildman–Crippen MR) is 68.2 cm³/mol. The zero-order valence-corrected chi connectivity index (χ0v) is 11.9. The summed E-state index contributed by atoms with van der Waals surface area (Å²) in [6, 6.07) is 2.96. The van der Waals surface area contributed by atoms with Crippen LogP contribution in [0, 0.1) is 6.07 Å². The lowest BCUT2D eigenvalue weighted by atomic mass is 10.1. The normalized spacial score (nSPS) is 11.4. The summed E-state index contributed by atoms with van der Waals surface area (Å²) in [5.74, 6) is -0.383. The molecule has 1 radical (unpaired) electrons. The van der Waals surface area contributed by atoms with Crippen molar-refractivity contribution in [1.82, 2.24) is 0 Å². The van der Waals surface area contributed by atoms with Crippen LogP contribution in [0.1, 0.15) is 28.1 Å². The number of aryl methyl sites for hydroxylation is 1. The number of hydrogen-bond acceptors (Lipinski definition) is 6. The largest absolute Gasteiger partial charge is 0.465 e. The zero-order valence-electron chi connectivity index (χ0n) is 10.3. The summed E-state index contributed by atoms with van der Waals surface area (Å²) in [7, 11) is -2.02. The van der Waals surface area contributed by atoms with Crippen molar-refractivity contribution in [3.63, 3.8) is 0 Å². The molecule has 0 aliphatic carbocycles. The standard InChI is InChI=1S/C11H15O5S2/c1-15-11(12)10-7-9(8-17-10)5-3-4-6-16-18(2,13)14/h8H,3-6H2,1-2H3. The number of methoxy groups -OCH3 is 1. The molecule has 0 aromatic carbocycles. The van der Waals surface area contributed by atoms with Crippen LogP contribution in [-0.2, 0) is 25.5 Å². The van der Waals surface area contributed by atoms with Gasteiger partial charge in [0, 0.05) is 6.07 Å². The topological polar surface area (TPSA) is 69.7 Å². The van der Waals surface area contributed by atoms with Gasteiger partial charge in [0.25, 0.3) is 10.1 Å². The fourth-order valence-corrected chi connectivity index (χ4v) is 2.50. The molecule has 5 nitrogen and oxygen atoms in total. The summed E-state index contributed by atoms with van der Waals surface area (Å²) < 4.78 is 30.6. The first-order valence-electron chi connectivity index (χ1n) is 5.35. The summed E-state index contributed by atoms with van der Waals surface area (Å²) >= 11 is 1.29. The summed E-state index contributed by atoms with van der Waals surface area (Å²) in [4.78, 5) is 11.6. The van der Waals surface area contributed by atoms with Gasteiger partial charge in [0.1, 0.15) is 4.88 Å². The van der Waals surface area contributed by atoms with Gasteiger partial charge in [-0.05, 0) is 30.2 Å². The van der Waals surface area contributed by atoms with Crippen LogP contribution in [0.5, 0.6) is 0 Å². The molecule has 0 bridgehead atoms. The minimum absolute atomic E-state index is 0.187. The van der Waals surface area contributed by atoms with Crippen LogP contribution >= 0.6 is 11.3 Å². The number of carbonyl (C=O) groups is 1. The Bertz CT molecular complexity index is 489. The Hall–Kier alpha value is -0.920. The molecule has 1 heterocycles. The molecule has 0 spiro atoms. The number of carbonyl (C=O) groups excluding carboxylic acids is 1. The molecule has 0 saturated carbocycles. The molecule has 1 aromatic heterocycles. The second kappa shape index (κ2) is 6.86. The fraction of sp³-hybridized carbons (Fsp3) is 0.545. The van der Waals surface area contributed by atoms with Crippen LogP contribution in [-0.4, -0.2) is 34.4 Å². The van der Waals surface area contributed by atoms with Crippen LogP contribution in [0.4, 0.5) is 0 Å². The van der Waals surface area contributed by atoms with Gasteiger partial charge in [0.2, 0.25) is 0 Å². The molecule has 101 valence electrons. The van der Waals surface area contributed by atoms with E-state index in [9.17, 15) is 13.2 Å². The highest BCUT2D eigenvalue weighted by molar-refractivity contribution is 7.85. The molecule has 1 rings (SSSR count). The zero-order chi connectivity index (χ0) is 13.6. The summed E-state index contributed by atoms with van der Waals surface area (Å²) in [6.07, 6.45) is 3.19. The first-order valence-corrected chi connectivity index (χ1v) is 8.04. The van der Waals surface area contributed by atoms with E-state index in [1.54, 1.807) is 0 Å². The van der Waals surface area contributed by atoms with E-state index in [-0.39, 0.29) is 12.6 Å². The van der Waals surface area contributed by atoms with Gasteiger partial charge in [-0.2, -0.15) is 8.42 Å². The van der Waals surface area contributed by atoms with Crippen LogP contribution in [0.25, 0.3) is 0 Å².